The van der Waals surface area contributed by atoms with E-state index in [1.807, 2.05) is 45.0 Å². The largest absolute Gasteiger partial charge is 0.496 e. The smallest absolute Gasteiger partial charge is 0.225 e. The Balaban J connectivity index is 1.77. The third kappa shape index (κ3) is 3.45. The van der Waals surface area contributed by atoms with Crippen molar-refractivity contribution in [3.63, 3.8) is 0 Å². The van der Waals surface area contributed by atoms with E-state index in [9.17, 15) is 4.79 Å². The zero-order valence-corrected chi connectivity index (χ0v) is 16.0. The Bertz CT molecular complexity index is 955. The molecule has 1 heterocycles. The number of methoxy groups -OCH3 is 1. The van der Waals surface area contributed by atoms with Crippen molar-refractivity contribution in [2.45, 2.75) is 40.2 Å². The molecular weight excluding hydrogens is 326 g/mol. The predicted molar refractivity (Wildman–Crippen MR) is 104 cm³/mol. The Morgan fingerprint density at radius 2 is 1.96 bits per heavy atom. The van der Waals surface area contributed by atoms with Crippen molar-refractivity contribution in [3.8, 4) is 5.75 Å². The zero-order valence-electron chi connectivity index (χ0n) is 16.0. The molecule has 0 aliphatic rings. The van der Waals surface area contributed by atoms with Crippen LogP contribution in [0.5, 0.6) is 5.75 Å². The molecule has 0 saturated carbocycles. The summed E-state index contributed by atoms with van der Waals surface area (Å²) in [6.07, 6.45) is 1.97. The molecule has 0 radical (unpaired) electrons. The second-order valence-corrected chi connectivity index (χ2v) is 6.86. The molecule has 0 aliphatic heterocycles. The first-order valence-electron chi connectivity index (χ1n) is 8.81. The number of furan rings is 1. The van der Waals surface area contributed by atoms with Gasteiger partial charge in [0.05, 0.1) is 25.8 Å². The maximum Gasteiger partial charge on any atom is 0.225 e. The van der Waals surface area contributed by atoms with Crippen LogP contribution >= 0.6 is 0 Å². The summed E-state index contributed by atoms with van der Waals surface area (Å²) >= 11 is 0. The zero-order chi connectivity index (χ0) is 18.8. The number of rotatable bonds is 5. The van der Waals surface area contributed by atoms with Gasteiger partial charge in [0, 0.05) is 16.5 Å². The predicted octanol–water partition coefficient (Wildman–Crippen LogP) is 4.79. The molecular formula is C22H25NO3. The number of carbonyl (C=O) groups is 1. The number of carbonyl (C=O) groups excluding carboxylic acids is 1. The molecule has 26 heavy (non-hydrogen) atoms. The van der Waals surface area contributed by atoms with Crippen LogP contribution in [0, 0.1) is 20.8 Å². The van der Waals surface area contributed by atoms with E-state index >= 15 is 0 Å². The molecule has 0 spiro atoms. The highest BCUT2D eigenvalue weighted by molar-refractivity contribution is 5.89. The van der Waals surface area contributed by atoms with Gasteiger partial charge in [0.1, 0.15) is 11.3 Å². The number of benzene rings is 2. The van der Waals surface area contributed by atoms with Gasteiger partial charge in [-0.05, 0) is 44.9 Å². The normalized spacial score (nSPS) is 12.2. The highest BCUT2D eigenvalue weighted by Crippen LogP contribution is 2.28. The fourth-order valence-corrected chi connectivity index (χ4v) is 3.26. The van der Waals surface area contributed by atoms with Gasteiger partial charge in [0.15, 0.2) is 0 Å². The maximum atomic E-state index is 12.6. The molecule has 2 aromatic carbocycles. The lowest BCUT2D eigenvalue weighted by atomic mass is 10.0. The molecule has 1 unspecified atom stereocenters. The fraction of sp³-hybridized carbons (Fsp3) is 0.318. The summed E-state index contributed by atoms with van der Waals surface area (Å²) in [7, 11) is 1.64. The summed E-state index contributed by atoms with van der Waals surface area (Å²) in [5.74, 6) is 0.741. The van der Waals surface area contributed by atoms with Gasteiger partial charge in [-0.2, -0.15) is 0 Å². The minimum Gasteiger partial charge on any atom is -0.496 e. The molecule has 3 aromatic rings. The minimum absolute atomic E-state index is 0.0398. The first-order valence-corrected chi connectivity index (χ1v) is 8.81. The van der Waals surface area contributed by atoms with E-state index in [0.29, 0.717) is 0 Å². The molecule has 0 aliphatic carbocycles. The summed E-state index contributed by atoms with van der Waals surface area (Å²) < 4.78 is 11.1. The van der Waals surface area contributed by atoms with Crippen LogP contribution in [0.15, 0.2) is 41.0 Å². The average molecular weight is 351 g/mol. The van der Waals surface area contributed by atoms with Crippen molar-refractivity contribution in [3.05, 3.63) is 64.4 Å². The molecule has 1 atom stereocenters. The topological polar surface area (TPSA) is 51.5 Å². The lowest BCUT2D eigenvalue weighted by Crippen LogP contribution is -2.28. The van der Waals surface area contributed by atoms with Crippen molar-refractivity contribution in [1.29, 1.82) is 0 Å². The second-order valence-electron chi connectivity index (χ2n) is 6.86. The number of amides is 1. The van der Waals surface area contributed by atoms with Crippen LogP contribution in [-0.2, 0) is 11.2 Å². The number of hydrogen-bond donors (Lipinski definition) is 1. The van der Waals surface area contributed by atoms with Gasteiger partial charge in [-0.15, -0.1) is 0 Å². The average Bonchev–Trinajstić information content (AvgIpc) is 3.01. The number of hydrogen-bond acceptors (Lipinski definition) is 3. The van der Waals surface area contributed by atoms with Crippen LogP contribution in [-0.4, -0.2) is 13.0 Å². The van der Waals surface area contributed by atoms with Crippen molar-refractivity contribution in [1.82, 2.24) is 5.32 Å². The van der Waals surface area contributed by atoms with Crippen LogP contribution in [0.3, 0.4) is 0 Å². The van der Waals surface area contributed by atoms with Crippen molar-refractivity contribution in [2.75, 3.05) is 7.11 Å². The molecule has 4 nitrogen and oxygen atoms in total. The van der Waals surface area contributed by atoms with Gasteiger partial charge in [-0.25, -0.2) is 0 Å². The molecule has 3 rings (SSSR count). The molecule has 1 N–H and O–H groups in total. The van der Waals surface area contributed by atoms with E-state index in [2.05, 4.69) is 18.3 Å². The molecule has 4 heteroatoms. The lowest BCUT2D eigenvalue weighted by Gasteiger charge is -2.18. The van der Waals surface area contributed by atoms with Crippen molar-refractivity contribution in [2.24, 2.45) is 0 Å². The Kier molecular flexibility index (Phi) is 5.03. The van der Waals surface area contributed by atoms with Gasteiger partial charge < -0.3 is 14.5 Å². The summed E-state index contributed by atoms with van der Waals surface area (Å²) in [5.41, 5.74) is 6.18. The summed E-state index contributed by atoms with van der Waals surface area (Å²) in [4.78, 5) is 12.6. The van der Waals surface area contributed by atoms with Crippen molar-refractivity contribution >= 4 is 16.9 Å². The standard InChI is InChI=1S/C22H25NO3/c1-13-6-9-20(25-5)19(10-13)16(4)23-21(24)11-17-12-26-22-15(3)14(2)7-8-18(17)22/h6-10,12,16H,11H2,1-5H3,(H,23,24). The third-order valence-corrected chi connectivity index (χ3v) is 4.92. The van der Waals surface area contributed by atoms with E-state index in [1.165, 1.54) is 5.56 Å². The molecule has 1 amide bonds. The highest BCUT2D eigenvalue weighted by atomic mass is 16.5. The monoisotopic (exact) mass is 351 g/mol. The van der Waals surface area contributed by atoms with Crippen LogP contribution in [0.2, 0.25) is 0 Å². The molecule has 0 saturated heterocycles. The Morgan fingerprint density at radius 1 is 1.19 bits per heavy atom. The molecule has 0 fully saturated rings. The first kappa shape index (κ1) is 18.1. The van der Waals surface area contributed by atoms with Gasteiger partial charge in [-0.1, -0.05) is 29.8 Å². The summed E-state index contributed by atoms with van der Waals surface area (Å²) in [5, 5.41) is 4.07. The van der Waals surface area contributed by atoms with E-state index in [4.69, 9.17) is 9.15 Å². The number of nitrogens with one attached hydrogen (secondary N) is 1. The molecule has 1 aromatic heterocycles. The number of fused-ring (bicyclic) bond motifs is 1. The van der Waals surface area contributed by atoms with Crippen LogP contribution < -0.4 is 10.1 Å². The van der Waals surface area contributed by atoms with E-state index in [1.54, 1.807) is 13.4 Å². The van der Waals surface area contributed by atoms with Crippen LogP contribution in [0.4, 0.5) is 0 Å². The van der Waals surface area contributed by atoms with Gasteiger partial charge in [0.25, 0.3) is 0 Å². The maximum absolute atomic E-state index is 12.6. The minimum atomic E-state index is -0.139. The third-order valence-electron chi connectivity index (χ3n) is 4.92. The first-order chi connectivity index (χ1) is 12.4. The van der Waals surface area contributed by atoms with Crippen LogP contribution in [0.1, 0.15) is 40.8 Å². The number of aryl methyl sites for hydroxylation is 3. The Hall–Kier alpha value is -2.75. The number of ether oxygens (including phenoxy) is 1. The van der Waals surface area contributed by atoms with Gasteiger partial charge in [0.2, 0.25) is 5.91 Å². The lowest BCUT2D eigenvalue weighted by molar-refractivity contribution is -0.121. The SMILES string of the molecule is COc1ccc(C)cc1C(C)NC(=O)Cc1coc2c(C)c(C)ccc12. The van der Waals surface area contributed by atoms with E-state index in [-0.39, 0.29) is 18.4 Å². The summed E-state index contributed by atoms with van der Waals surface area (Å²) in [6, 6.07) is 9.93. The van der Waals surface area contributed by atoms with E-state index < -0.39 is 0 Å². The van der Waals surface area contributed by atoms with E-state index in [0.717, 1.165) is 39.0 Å². The Labute approximate surface area is 154 Å². The second kappa shape index (κ2) is 7.24. The van der Waals surface area contributed by atoms with Gasteiger partial charge in [-0.3, -0.25) is 4.79 Å². The quantitative estimate of drug-likeness (QED) is 0.719. The Morgan fingerprint density at radius 3 is 2.69 bits per heavy atom. The fourth-order valence-electron chi connectivity index (χ4n) is 3.26. The van der Waals surface area contributed by atoms with Gasteiger partial charge >= 0.3 is 0 Å². The highest BCUT2D eigenvalue weighted by Gasteiger charge is 2.17. The summed E-state index contributed by atoms with van der Waals surface area (Å²) in [6.45, 7) is 8.09. The molecule has 0 bridgehead atoms. The molecule has 136 valence electrons. The van der Waals surface area contributed by atoms with Crippen molar-refractivity contribution < 1.29 is 13.9 Å². The van der Waals surface area contributed by atoms with Crippen LogP contribution in [0.25, 0.3) is 11.0 Å².